The van der Waals surface area contributed by atoms with E-state index in [1.807, 2.05) is 6.07 Å². The summed E-state index contributed by atoms with van der Waals surface area (Å²) in [5, 5.41) is 20.0. The molecule has 3 nitrogen and oxygen atoms in total. The Bertz CT molecular complexity index is 871. The predicted octanol–water partition coefficient (Wildman–Crippen LogP) is 5.99. The molecule has 1 aliphatic carbocycles. The first-order valence-corrected chi connectivity index (χ1v) is 9.97. The third-order valence-electron chi connectivity index (χ3n) is 4.89. The Kier molecular flexibility index (Phi) is 5.04. The molecule has 1 N–H and O–H groups in total. The smallest absolute Gasteiger partial charge is 0.134 e. The highest BCUT2D eigenvalue weighted by Crippen LogP contribution is 2.44. The van der Waals surface area contributed by atoms with E-state index in [4.69, 9.17) is 0 Å². The second-order valence-electron chi connectivity index (χ2n) is 7.57. The van der Waals surface area contributed by atoms with E-state index in [9.17, 15) is 10.4 Å². The average Bonchev–Trinajstić information content (AvgIpc) is 2.91. The van der Waals surface area contributed by atoms with Crippen molar-refractivity contribution in [3.8, 4) is 11.8 Å². The lowest BCUT2D eigenvalue weighted by molar-refractivity contribution is 0.218. The van der Waals surface area contributed by atoms with Crippen LogP contribution in [0.3, 0.4) is 0 Å². The third-order valence-corrected chi connectivity index (χ3v) is 6.68. The van der Waals surface area contributed by atoms with Crippen molar-refractivity contribution in [3.05, 3.63) is 44.2 Å². The van der Waals surface area contributed by atoms with Gasteiger partial charge >= 0.3 is 0 Å². The van der Waals surface area contributed by atoms with E-state index in [0.717, 1.165) is 35.4 Å². The number of benzene rings is 1. The molecule has 1 aromatic carbocycles. The average molecular weight is 417 g/mol. The summed E-state index contributed by atoms with van der Waals surface area (Å²) < 4.78 is 0.635. The monoisotopic (exact) mass is 416 g/mol. The number of nitriles is 1. The molecular weight excluding hydrogens is 396 g/mol. The molecule has 5 heteroatoms. The highest BCUT2D eigenvalue weighted by atomic mass is 79.9. The van der Waals surface area contributed by atoms with Crippen LogP contribution in [0.4, 0.5) is 5.00 Å². The molecule has 1 aromatic heterocycles. The summed E-state index contributed by atoms with van der Waals surface area (Å²) in [6.45, 7) is 6.88. The number of fused-ring (bicyclic) bond motifs is 1. The summed E-state index contributed by atoms with van der Waals surface area (Å²) in [7, 11) is 0. The Balaban J connectivity index is 1.91. The molecule has 0 amide bonds. The molecule has 0 fully saturated rings. The van der Waals surface area contributed by atoms with Gasteiger partial charge < -0.3 is 5.11 Å². The minimum absolute atomic E-state index is 0.203. The maximum atomic E-state index is 9.61. The second kappa shape index (κ2) is 6.93. The second-order valence-corrected chi connectivity index (χ2v) is 9.51. The van der Waals surface area contributed by atoms with Crippen molar-refractivity contribution in [2.24, 2.45) is 16.3 Å². The largest absolute Gasteiger partial charge is 0.507 e. The first-order valence-electron chi connectivity index (χ1n) is 8.37. The van der Waals surface area contributed by atoms with Crippen LogP contribution in [0, 0.1) is 22.7 Å². The van der Waals surface area contributed by atoms with Gasteiger partial charge in [0, 0.05) is 11.1 Å². The van der Waals surface area contributed by atoms with Gasteiger partial charge in [-0.05, 0) is 75.9 Å². The lowest BCUT2D eigenvalue weighted by Crippen LogP contribution is -2.26. The highest BCUT2D eigenvalue weighted by Gasteiger charge is 2.32. The maximum Gasteiger partial charge on any atom is 0.134 e. The van der Waals surface area contributed by atoms with Crippen molar-refractivity contribution in [1.82, 2.24) is 0 Å². The van der Waals surface area contributed by atoms with Gasteiger partial charge in [-0.2, -0.15) is 5.26 Å². The van der Waals surface area contributed by atoms with E-state index in [0.29, 0.717) is 10.4 Å². The third kappa shape index (κ3) is 3.80. The minimum atomic E-state index is 0.203. The molecule has 1 atom stereocenters. The van der Waals surface area contributed by atoms with Crippen molar-refractivity contribution >= 4 is 38.5 Å². The van der Waals surface area contributed by atoms with Gasteiger partial charge in [-0.3, -0.25) is 0 Å². The van der Waals surface area contributed by atoms with Crippen LogP contribution in [0.5, 0.6) is 5.75 Å². The van der Waals surface area contributed by atoms with Crippen LogP contribution in [-0.4, -0.2) is 11.3 Å². The molecule has 0 bridgehead atoms. The normalized spacial score (nSPS) is 17.5. The Labute approximate surface area is 161 Å². The molecule has 1 aliphatic rings. The van der Waals surface area contributed by atoms with E-state index in [-0.39, 0.29) is 11.2 Å². The molecule has 0 spiro atoms. The lowest BCUT2D eigenvalue weighted by atomic mass is 9.72. The zero-order valence-corrected chi connectivity index (χ0v) is 17.0. The standard InChI is InChI=1S/C20H21BrN2OS/c1-20(2,3)13-5-6-14-15(10-22)19(25-18(14)9-13)23-11-12-4-7-17(24)16(21)8-12/h4,7-8,11,13,24H,5-6,9H2,1-3H3/t13-/m1/s1. The van der Waals surface area contributed by atoms with E-state index in [1.54, 1.807) is 29.7 Å². The van der Waals surface area contributed by atoms with E-state index >= 15 is 0 Å². The van der Waals surface area contributed by atoms with Crippen LogP contribution in [0.25, 0.3) is 0 Å². The van der Waals surface area contributed by atoms with Gasteiger partial charge in [0.25, 0.3) is 0 Å². The number of phenols is 1. The van der Waals surface area contributed by atoms with Crippen molar-refractivity contribution in [2.45, 2.75) is 40.0 Å². The predicted molar refractivity (Wildman–Crippen MR) is 107 cm³/mol. The van der Waals surface area contributed by atoms with Crippen LogP contribution in [0.1, 0.15) is 48.8 Å². The number of nitrogens with zero attached hydrogens (tertiary/aromatic N) is 2. The molecule has 0 saturated carbocycles. The number of thiophene rings is 1. The molecule has 0 radical (unpaired) electrons. The zero-order valence-electron chi connectivity index (χ0n) is 14.6. The van der Waals surface area contributed by atoms with Gasteiger partial charge in [-0.1, -0.05) is 20.8 Å². The van der Waals surface area contributed by atoms with Crippen LogP contribution >= 0.6 is 27.3 Å². The van der Waals surface area contributed by atoms with Gasteiger partial charge in [0.05, 0.1) is 10.0 Å². The van der Waals surface area contributed by atoms with Crippen molar-refractivity contribution in [3.63, 3.8) is 0 Å². The number of rotatable bonds is 2. The molecule has 2 aromatic rings. The lowest BCUT2D eigenvalue weighted by Gasteiger charge is -2.33. The highest BCUT2D eigenvalue weighted by molar-refractivity contribution is 9.10. The van der Waals surface area contributed by atoms with Crippen LogP contribution < -0.4 is 0 Å². The molecule has 1 heterocycles. The van der Waals surface area contributed by atoms with E-state index in [2.05, 4.69) is 47.8 Å². The van der Waals surface area contributed by atoms with Gasteiger partial charge in [0.2, 0.25) is 0 Å². The fourth-order valence-corrected chi connectivity index (χ4v) is 4.87. The van der Waals surface area contributed by atoms with E-state index < -0.39 is 0 Å². The Morgan fingerprint density at radius 3 is 2.80 bits per heavy atom. The summed E-state index contributed by atoms with van der Waals surface area (Å²) >= 11 is 4.96. The summed E-state index contributed by atoms with van der Waals surface area (Å²) in [6, 6.07) is 7.61. The quantitative estimate of drug-likeness (QED) is 0.611. The van der Waals surface area contributed by atoms with Gasteiger partial charge in [-0.15, -0.1) is 11.3 Å². The Hall–Kier alpha value is -1.64. The molecule has 3 rings (SSSR count). The zero-order chi connectivity index (χ0) is 18.2. The number of aromatic hydroxyl groups is 1. The van der Waals surface area contributed by atoms with Crippen LogP contribution in [-0.2, 0) is 12.8 Å². The first kappa shape index (κ1) is 18.2. The summed E-state index contributed by atoms with van der Waals surface area (Å²) in [5.41, 5.74) is 3.11. The summed E-state index contributed by atoms with van der Waals surface area (Å²) in [5.74, 6) is 0.852. The van der Waals surface area contributed by atoms with Crippen molar-refractivity contribution in [2.75, 3.05) is 0 Å². The van der Waals surface area contributed by atoms with E-state index in [1.165, 1.54) is 10.4 Å². The molecule has 25 heavy (non-hydrogen) atoms. The molecule has 0 aliphatic heterocycles. The fourth-order valence-electron chi connectivity index (χ4n) is 3.25. The SMILES string of the molecule is CC(C)(C)[C@@H]1CCc2c(sc(N=Cc3ccc(O)c(Br)c3)c2C#N)C1. The first-order chi connectivity index (χ1) is 11.8. The Morgan fingerprint density at radius 1 is 1.40 bits per heavy atom. The van der Waals surface area contributed by atoms with Gasteiger partial charge in [0.1, 0.15) is 16.8 Å². The van der Waals surface area contributed by atoms with Crippen LogP contribution in [0.2, 0.25) is 0 Å². The number of phenolic OH excluding ortho intramolecular Hbond substituents is 1. The Morgan fingerprint density at radius 2 is 2.16 bits per heavy atom. The van der Waals surface area contributed by atoms with Crippen LogP contribution in [0.15, 0.2) is 27.7 Å². The fraction of sp³-hybridized carbons (Fsp3) is 0.400. The number of hydrogen-bond donors (Lipinski definition) is 1. The van der Waals surface area contributed by atoms with Gasteiger partial charge in [0.15, 0.2) is 0 Å². The molecule has 0 unspecified atom stereocenters. The maximum absolute atomic E-state index is 9.61. The summed E-state index contributed by atoms with van der Waals surface area (Å²) in [6.07, 6.45) is 4.90. The van der Waals surface area contributed by atoms with Gasteiger partial charge in [-0.25, -0.2) is 4.99 Å². The minimum Gasteiger partial charge on any atom is -0.507 e. The number of hydrogen-bond acceptors (Lipinski definition) is 4. The summed E-state index contributed by atoms with van der Waals surface area (Å²) in [4.78, 5) is 5.90. The number of aliphatic imine (C=N–C) groups is 1. The molecule has 130 valence electrons. The number of halogens is 1. The topological polar surface area (TPSA) is 56.4 Å². The van der Waals surface area contributed by atoms with Crippen molar-refractivity contribution in [1.29, 1.82) is 5.26 Å². The molecule has 0 saturated heterocycles. The molecular formula is C20H21BrN2OS. The van der Waals surface area contributed by atoms with Crippen molar-refractivity contribution < 1.29 is 5.11 Å².